The highest BCUT2D eigenvalue weighted by molar-refractivity contribution is 5.98. The molecule has 19 nitrogen and oxygen atoms in total. The van der Waals surface area contributed by atoms with Gasteiger partial charge in [0.05, 0.1) is 32.0 Å². The fourth-order valence-electron chi connectivity index (χ4n) is 4.98. The van der Waals surface area contributed by atoms with Gasteiger partial charge in [0.25, 0.3) is 0 Å². The first kappa shape index (κ1) is 47.4. The number of aryl methyl sites for hydroxylation is 1. The number of amides is 7. The van der Waals surface area contributed by atoms with Crippen molar-refractivity contribution in [2.45, 2.75) is 83.1 Å². The molecule has 0 aliphatic rings. The summed E-state index contributed by atoms with van der Waals surface area (Å²) < 4.78 is 0. The van der Waals surface area contributed by atoms with Gasteiger partial charge >= 0.3 is 5.97 Å². The minimum Gasteiger partial charge on any atom is -0.481 e. The van der Waals surface area contributed by atoms with E-state index < -0.39 is 109 Å². The highest BCUT2D eigenvalue weighted by Gasteiger charge is 2.34. The zero-order chi connectivity index (χ0) is 41.7. The van der Waals surface area contributed by atoms with Crippen LogP contribution in [0.4, 0.5) is 0 Å². The Labute approximate surface area is 319 Å². The van der Waals surface area contributed by atoms with E-state index in [0.29, 0.717) is 18.4 Å². The van der Waals surface area contributed by atoms with Crippen LogP contribution in [0.2, 0.25) is 0 Å². The lowest BCUT2D eigenvalue weighted by atomic mass is 9.97. The molecule has 6 atom stereocenters. The molecule has 304 valence electrons. The third kappa shape index (κ3) is 17.4. The maximum absolute atomic E-state index is 13.7. The van der Waals surface area contributed by atoms with Crippen molar-refractivity contribution >= 4 is 53.4 Å². The Hall–Kier alpha value is -5.66. The molecule has 55 heavy (non-hydrogen) atoms. The number of aliphatic carboxylic acids is 1. The zero-order valence-corrected chi connectivity index (χ0v) is 31.3. The van der Waals surface area contributed by atoms with Crippen molar-refractivity contribution in [3.63, 3.8) is 0 Å². The summed E-state index contributed by atoms with van der Waals surface area (Å²) in [6.45, 7) is 7.48. The maximum atomic E-state index is 13.7. The standard InChI is InChI=1S/C36H54N8O11/c1-5-7-9-23-11-10-22(14-21(23)4)15-25(41-32(51)24(37)16-30(49)50)33(52)42-26(17-28(38)47)34(53)43-27(19-46)35(54)44-31(20(3)6-2)36(55)40-18-29(48)39-12-8-13-45/h5,7,9-11,14,20,24-27,31,45-46H,1,6,8,12-13,15-19,37H2,2-4H3,(H2,38,47)(H,39,48)(H,40,55)(H,41,51)(H,42,52)(H,43,53)(H,44,54)(H,49,50)/b9-7-/t20-,24-,25-,26-,27-,31-/m0/s1. The molecule has 0 spiro atoms. The van der Waals surface area contributed by atoms with Gasteiger partial charge in [-0.2, -0.15) is 0 Å². The van der Waals surface area contributed by atoms with Crippen molar-refractivity contribution in [1.29, 1.82) is 0 Å². The summed E-state index contributed by atoms with van der Waals surface area (Å²) in [4.78, 5) is 101. The molecule has 0 aromatic heterocycles. The highest BCUT2D eigenvalue weighted by atomic mass is 16.4. The summed E-state index contributed by atoms with van der Waals surface area (Å²) >= 11 is 0. The SMILES string of the molecule is C=C/C=C\c1ccc(C[C@H](NC(=O)[C@@H](N)CC(=O)O)C(=O)N[C@@H](CC(N)=O)C(=O)N[C@@H](CO)C(=O)N[C@H](C(=O)NCC(=O)NCCCO)[C@@H](C)CC)cc1C. The summed E-state index contributed by atoms with van der Waals surface area (Å²) in [5.74, 6) is -8.26. The summed E-state index contributed by atoms with van der Waals surface area (Å²) in [5, 5.41) is 42.3. The quantitative estimate of drug-likeness (QED) is 0.0350. The molecular weight excluding hydrogens is 720 g/mol. The largest absolute Gasteiger partial charge is 0.481 e. The van der Waals surface area contributed by atoms with E-state index in [-0.39, 0.29) is 19.6 Å². The predicted octanol–water partition coefficient (Wildman–Crippen LogP) is -2.99. The lowest BCUT2D eigenvalue weighted by molar-refractivity contribution is -0.140. The third-order valence-corrected chi connectivity index (χ3v) is 8.28. The van der Waals surface area contributed by atoms with Gasteiger partial charge in [0, 0.05) is 19.6 Å². The number of primary amides is 1. The molecule has 7 amide bonds. The molecule has 0 fully saturated rings. The average molecular weight is 775 g/mol. The van der Waals surface area contributed by atoms with Crippen molar-refractivity contribution in [2.75, 3.05) is 26.3 Å². The first-order valence-corrected chi connectivity index (χ1v) is 17.6. The van der Waals surface area contributed by atoms with Crippen LogP contribution >= 0.6 is 0 Å². The Morgan fingerprint density at radius 3 is 2.04 bits per heavy atom. The van der Waals surface area contributed by atoms with Crippen molar-refractivity contribution < 1.29 is 53.7 Å². The molecule has 1 aromatic rings. The van der Waals surface area contributed by atoms with Crippen LogP contribution in [0.1, 0.15) is 56.2 Å². The number of hydrogen-bond donors (Lipinski definition) is 11. The molecule has 19 heteroatoms. The van der Waals surface area contributed by atoms with E-state index in [1.54, 1.807) is 50.3 Å². The maximum Gasteiger partial charge on any atom is 0.305 e. The molecular formula is C36H54N8O11. The number of nitrogens with two attached hydrogens (primary N) is 2. The van der Waals surface area contributed by atoms with Gasteiger partial charge in [-0.25, -0.2) is 0 Å². The van der Waals surface area contributed by atoms with E-state index in [1.165, 1.54) is 0 Å². The topological polar surface area (TPSA) is 321 Å². The van der Waals surface area contributed by atoms with Crippen LogP contribution in [0.15, 0.2) is 36.9 Å². The van der Waals surface area contributed by atoms with E-state index in [9.17, 15) is 43.5 Å². The number of nitrogens with one attached hydrogen (secondary N) is 6. The number of aliphatic hydroxyl groups excluding tert-OH is 2. The van der Waals surface area contributed by atoms with E-state index in [0.717, 1.165) is 11.1 Å². The highest BCUT2D eigenvalue weighted by Crippen LogP contribution is 2.15. The van der Waals surface area contributed by atoms with Gasteiger partial charge in [0.15, 0.2) is 0 Å². The van der Waals surface area contributed by atoms with Gasteiger partial charge in [-0.1, -0.05) is 63.3 Å². The number of carbonyl (C=O) groups excluding carboxylic acids is 7. The number of carboxylic acid groups (broad SMARTS) is 1. The first-order chi connectivity index (χ1) is 26.0. The van der Waals surface area contributed by atoms with Gasteiger partial charge in [0.1, 0.15) is 24.2 Å². The first-order valence-electron chi connectivity index (χ1n) is 17.6. The molecule has 0 saturated heterocycles. The Balaban J connectivity index is 3.26. The summed E-state index contributed by atoms with van der Waals surface area (Å²) in [7, 11) is 0. The van der Waals surface area contributed by atoms with Crippen LogP contribution in [0.25, 0.3) is 6.08 Å². The van der Waals surface area contributed by atoms with Crippen molar-refractivity contribution in [2.24, 2.45) is 17.4 Å². The lowest BCUT2D eigenvalue weighted by Crippen LogP contribution is -2.61. The molecule has 0 aliphatic carbocycles. The normalized spacial score (nSPS) is 14.2. The average Bonchev–Trinajstić information content (AvgIpc) is 3.13. The van der Waals surface area contributed by atoms with Gasteiger partial charge in [-0.15, -0.1) is 0 Å². The molecule has 0 radical (unpaired) electrons. The second kappa shape index (κ2) is 24.6. The Morgan fingerprint density at radius 1 is 0.855 bits per heavy atom. The van der Waals surface area contributed by atoms with E-state index >= 15 is 0 Å². The molecule has 13 N–H and O–H groups in total. The summed E-state index contributed by atoms with van der Waals surface area (Å²) in [5.41, 5.74) is 13.3. The van der Waals surface area contributed by atoms with Gasteiger partial charge in [-0.3, -0.25) is 38.4 Å². The van der Waals surface area contributed by atoms with Crippen molar-refractivity contribution in [3.8, 4) is 0 Å². The molecule has 0 aliphatic heterocycles. The van der Waals surface area contributed by atoms with Crippen LogP contribution in [0, 0.1) is 12.8 Å². The Bertz CT molecular complexity index is 1570. The van der Waals surface area contributed by atoms with Gasteiger partial charge in [-0.05, 0) is 36.0 Å². The summed E-state index contributed by atoms with van der Waals surface area (Å²) in [6, 6.07) is -2.44. The molecule has 1 aromatic carbocycles. The van der Waals surface area contributed by atoms with E-state index in [4.69, 9.17) is 21.7 Å². The number of carboxylic acids is 1. The Morgan fingerprint density at radius 2 is 1.47 bits per heavy atom. The van der Waals surface area contributed by atoms with E-state index in [1.807, 2.05) is 6.92 Å². The van der Waals surface area contributed by atoms with E-state index in [2.05, 4.69) is 38.5 Å². The fourth-order valence-corrected chi connectivity index (χ4v) is 4.98. The smallest absolute Gasteiger partial charge is 0.305 e. The second-order valence-corrected chi connectivity index (χ2v) is 12.7. The molecule has 0 unspecified atom stereocenters. The number of rotatable bonds is 25. The predicted molar refractivity (Wildman–Crippen MR) is 200 cm³/mol. The van der Waals surface area contributed by atoms with Crippen molar-refractivity contribution in [3.05, 3.63) is 53.6 Å². The van der Waals surface area contributed by atoms with Crippen molar-refractivity contribution in [1.82, 2.24) is 31.9 Å². The number of benzene rings is 1. The van der Waals surface area contributed by atoms with Crippen LogP contribution in [0.5, 0.6) is 0 Å². The summed E-state index contributed by atoms with van der Waals surface area (Å²) in [6.07, 6.45) is 4.14. The molecule has 0 bridgehead atoms. The van der Waals surface area contributed by atoms with Gasteiger partial charge in [0.2, 0.25) is 41.4 Å². The number of carbonyl (C=O) groups is 8. The lowest BCUT2D eigenvalue weighted by Gasteiger charge is -2.27. The fraction of sp³-hybridized carbons (Fsp3) is 0.500. The molecule has 0 heterocycles. The number of hydrogen-bond acceptors (Lipinski definition) is 11. The van der Waals surface area contributed by atoms with Crippen LogP contribution in [0.3, 0.4) is 0 Å². The molecule has 0 saturated carbocycles. The third-order valence-electron chi connectivity index (χ3n) is 8.28. The Kier molecular flexibility index (Phi) is 21.2. The number of allylic oxidation sites excluding steroid dienone is 2. The van der Waals surface area contributed by atoms with Gasteiger partial charge < -0.3 is 58.7 Å². The number of aliphatic hydroxyl groups is 2. The minimum atomic E-state index is -1.73. The van der Waals surface area contributed by atoms with Crippen LogP contribution < -0.4 is 43.4 Å². The zero-order valence-electron chi connectivity index (χ0n) is 31.3. The minimum absolute atomic E-state index is 0.138. The second-order valence-electron chi connectivity index (χ2n) is 12.7. The monoisotopic (exact) mass is 774 g/mol. The van der Waals surface area contributed by atoms with Crippen LogP contribution in [-0.4, -0.2) is 119 Å². The van der Waals surface area contributed by atoms with Crippen LogP contribution in [-0.2, 0) is 44.8 Å². The molecule has 1 rings (SSSR count).